The van der Waals surface area contributed by atoms with Gasteiger partial charge in [0.15, 0.2) is 0 Å². The lowest BCUT2D eigenvalue weighted by molar-refractivity contribution is 1.59. The van der Waals surface area contributed by atoms with Gasteiger partial charge in [0.05, 0.1) is 0 Å². The van der Waals surface area contributed by atoms with Crippen molar-refractivity contribution in [1.82, 2.24) is 0 Å². The molecule has 1 rings (SSSR count). The Morgan fingerprint density at radius 1 is 1.00 bits per heavy atom. The number of hydrogen-bond acceptors (Lipinski definition) is 1. The Hall–Kier alpha value is 0.270. The fourth-order valence-corrected chi connectivity index (χ4v) is 1.90. The SMILES string of the molecule is Cl.Nc1cc(Br)cc(Br)c1. The van der Waals surface area contributed by atoms with E-state index in [2.05, 4.69) is 31.9 Å². The van der Waals surface area contributed by atoms with Crippen LogP contribution in [-0.2, 0) is 0 Å². The lowest BCUT2D eigenvalue weighted by atomic mass is 10.3. The van der Waals surface area contributed by atoms with Crippen LogP contribution in [0.5, 0.6) is 0 Å². The number of hydrogen-bond donors (Lipinski definition) is 1. The van der Waals surface area contributed by atoms with Crippen molar-refractivity contribution in [3.63, 3.8) is 0 Å². The van der Waals surface area contributed by atoms with Crippen LogP contribution in [-0.4, -0.2) is 0 Å². The lowest BCUT2D eigenvalue weighted by Crippen LogP contribution is -1.82. The molecule has 0 aliphatic heterocycles. The maximum Gasteiger partial charge on any atom is 0.0336 e. The Kier molecular flexibility index (Phi) is 4.32. The molecule has 0 aliphatic rings. The smallest absolute Gasteiger partial charge is 0.0336 e. The van der Waals surface area contributed by atoms with Crippen LogP contribution in [0.25, 0.3) is 0 Å². The molecule has 0 atom stereocenters. The number of nitrogen functional groups attached to an aromatic ring is 1. The highest BCUT2D eigenvalue weighted by Crippen LogP contribution is 2.20. The second-order valence-electron chi connectivity index (χ2n) is 1.70. The van der Waals surface area contributed by atoms with E-state index < -0.39 is 0 Å². The fraction of sp³-hybridized carbons (Fsp3) is 0. The molecule has 1 aromatic rings. The van der Waals surface area contributed by atoms with Gasteiger partial charge in [-0.1, -0.05) is 31.9 Å². The highest BCUT2D eigenvalue weighted by Gasteiger charge is 1.90. The van der Waals surface area contributed by atoms with Gasteiger partial charge in [-0.15, -0.1) is 12.4 Å². The summed E-state index contributed by atoms with van der Waals surface area (Å²) < 4.78 is 1.99. The van der Waals surface area contributed by atoms with Gasteiger partial charge in [0.2, 0.25) is 0 Å². The van der Waals surface area contributed by atoms with Crippen molar-refractivity contribution in [1.29, 1.82) is 0 Å². The third kappa shape index (κ3) is 2.90. The van der Waals surface area contributed by atoms with Crippen molar-refractivity contribution in [3.05, 3.63) is 27.1 Å². The van der Waals surface area contributed by atoms with Crippen molar-refractivity contribution in [2.45, 2.75) is 0 Å². The number of anilines is 1. The van der Waals surface area contributed by atoms with E-state index in [9.17, 15) is 0 Å². The van der Waals surface area contributed by atoms with Crippen LogP contribution in [0.1, 0.15) is 0 Å². The van der Waals surface area contributed by atoms with Gasteiger partial charge in [-0.3, -0.25) is 0 Å². The predicted octanol–water partition coefficient (Wildman–Crippen LogP) is 3.22. The Morgan fingerprint density at radius 2 is 1.40 bits per heavy atom. The zero-order valence-electron chi connectivity index (χ0n) is 4.97. The molecule has 2 N–H and O–H groups in total. The molecule has 4 heteroatoms. The molecule has 1 aromatic carbocycles. The van der Waals surface area contributed by atoms with Gasteiger partial charge >= 0.3 is 0 Å². The standard InChI is InChI=1S/C6H5Br2N.ClH/c7-4-1-5(8)3-6(9)2-4;/h1-3H,9H2;1H. The first-order valence-electron chi connectivity index (χ1n) is 2.40. The van der Waals surface area contributed by atoms with E-state index in [1.54, 1.807) is 0 Å². The average molecular weight is 287 g/mol. The molecule has 0 radical (unpaired) electrons. The second kappa shape index (κ2) is 4.21. The van der Waals surface area contributed by atoms with E-state index in [1.807, 2.05) is 18.2 Å². The minimum Gasteiger partial charge on any atom is -0.399 e. The minimum absolute atomic E-state index is 0. The van der Waals surface area contributed by atoms with Crippen LogP contribution >= 0.6 is 44.3 Å². The van der Waals surface area contributed by atoms with E-state index in [0.29, 0.717) is 0 Å². The predicted molar refractivity (Wildman–Crippen MR) is 53.5 cm³/mol. The third-order valence-corrected chi connectivity index (χ3v) is 1.80. The highest BCUT2D eigenvalue weighted by atomic mass is 79.9. The average Bonchev–Trinajstić information content (AvgIpc) is 1.59. The molecular weight excluding hydrogens is 281 g/mol. The van der Waals surface area contributed by atoms with Crippen molar-refractivity contribution < 1.29 is 0 Å². The fourth-order valence-electron chi connectivity index (χ4n) is 0.575. The van der Waals surface area contributed by atoms with Gasteiger partial charge < -0.3 is 5.73 Å². The van der Waals surface area contributed by atoms with Crippen LogP contribution in [0.4, 0.5) is 5.69 Å². The lowest BCUT2D eigenvalue weighted by Gasteiger charge is -1.94. The van der Waals surface area contributed by atoms with E-state index in [1.165, 1.54) is 0 Å². The maximum absolute atomic E-state index is 5.50. The molecule has 0 fully saturated rings. The molecule has 0 saturated heterocycles. The Labute approximate surface area is 82.7 Å². The molecule has 0 aliphatic carbocycles. The van der Waals surface area contributed by atoms with Gasteiger partial charge in [-0.25, -0.2) is 0 Å². The van der Waals surface area contributed by atoms with E-state index in [4.69, 9.17) is 5.73 Å². The van der Waals surface area contributed by atoms with E-state index >= 15 is 0 Å². The summed E-state index contributed by atoms with van der Waals surface area (Å²) in [6.07, 6.45) is 0. The summed E-state index contributed by atoms with van der Waals surface area (Å²) in [4.78, 5) is 0. The monoisotopic (exact) mass is 285 g/mol. The summed E-state index contributed by atoms with van der Waals surface area (Å²) in [5.74, 6) is 0. The summed E-state index contributed by atoms with van der Waals surface area (Å²) in [7, 11) is 0. The topological polar surface area (TPSA) is 26.0 Å². The van der Waals surface area contributed by atoms with Gasteiger partial charge in [-0.05, 0) is 18.2 Å². The molecule has 10 heavy (non-hydrogen) atoms. The molecule has 0 unspecified atom stereocenters. The normalized spacial score (nSPS) is 8.60. The largest absolute Gasteiger partial charge is 0.399 e. The Balaban J connectivity index is 0.000000810. The van der Waals surface area contributed by atoms with Gasteiger partial charge in [0.25, 0.3) is 0 Å². The summed E-state index contributed by atoms with van der Waals surface area (Å²) in [6.45, 7) is 0. The molecular formula is C6H6Br2ClN. The second-order valence-corrected chi connectivity index (χ2v) is 3.53. The Bertz CT molecular complexity index is 177. The zero-order chi connectivity index (χ0) is 6.85. The van der Waals surface area contributed by atoms with Crippen LogP contribution in [0, 0.1) is 0 Å². The molecule has 56 valence electrons. The van der Waals surface area contributed by atoms with Gasteiger partial charge in [0.1, 0.15) is 0 Å². The molecule has 0 spiro atoms. The summed E-state index contributed by atoms with van der Waals surface area (Å²) in [5, 5.41) is 0. The van der Waals surface area contributed by atoms with Crippen molar-refractivity contribution in [3.8, 4) is 0 Å². The minimum atomic E-state index is 0. The molecule has 0 bridgehead atoms. The molecule has 0 saturated carbocycles. The number of benzene rings is 1. The van der Waals surface area contributed by atoms with E-state index in [-0.39, 0.29) is 12.4 Å². The van der Waals surface area contributed by atoms with Gasteiger partial charge in [0, 0.05) is 14.6 Å². The molecule has 0 heterocycles. The first-order valence-corrected chi connectivity index (χ1v) is 3.98. The highest BCUT2D eigenvalue weighted by molar-refractivity contribution is 9.11. The quantitative estimate of drug-likeness (QED) is 0.729. The molecule has 1 nitrogen and oxygen atoms in total. The van der Waals surface area contributed by atoms with E-state index in [0.717, 1.165) is 14.6 Å². The van der Waals surface area contributed by atoms with Crippen LogP contribution in [0.3, 0.4) is 0 Å². The van der Waals surface area contributed by atoms with Gasteiger partial charge in [-0.2, -0.15) is 0 Å². The summed E-state index contributed by atoms with van der Waals surface area (Å²) in [6, 6.07) is 5.64. The zero-order valence-corrected chi connectivity index (χ0v) is 8.96. The van der Waals surface area contributed by atoms with Crippen LogP contribution in [0.15, 0.2) is 27.1 Å². The molecule has 0 amide bonds. The number of halogens is 3. The third-order valence-electron chi connectivity index (χ3n) is 0.885. The van der Waals surface area contributed by atoms with Crippen LogP contribution in [0.2, 0.25) is 0 Å². The Morgan fingerprint density at radius 3 is 1.70 bits per heavy atom. The maximum atomic E-state index is 5.50. The first kappa shape index (κ1) is 10.3. The van der Waals surface area contributed by atoms with Crippen molar-refractivity contribution >= 4 is 50.0 Å². The van der Waals surface area contributed by atoms with Crippen molar-refractivity contribution in [2.24, 2.45) is 0 Å². The number of nitrogens with two attached hydrogens (primary N) is 1. The summed E-state index contributed by atoms with van der Waals surface area (Å²) in [5.41, 5.74) is 6.26. The number of rotatable bonds is 0. The first-order chi connectivity index (χ1) is 4.18. The van der Waals surface area contributed by atoms with Crippen LogP contribution < -0.4 is 5.73 Å². The van der Waals surface area contributed by atoms with Crippen molar-refractivity contribution in [2.75, 3.05) is 5.73 Å². The molecule has 0 aromatic heterocycles. The summed E-state index contributed by atoms with van der Waals surface area (Å²) >= 11 is 6.61.